The molecule has 0 amide bonds. The Bertz CT molecular complexity index is 651. The topological polar surface area (TPSA) is 82.6 Å². The number of carbonyl (C=O) groups is 1. The summed E-state index contributed by atoms with van der Waals surface area (Å²) in [6, 6.07) is 6.30. The number of esters is 1. The maximum absolute atomic E-state index is 11.8. The van der Waals surface area contributed by atoms with Crippen molar-refractivity contribution in [2.45, 2.75) is 12.2 Å². The lowest BCUT2D eigenvalue weighted by Crippen LogP contribution is -2.12. The molecular formula is C13H13NO5S. The van der Waals surface area contributed by atoms with Crippen LogP contribution in [0.5, 0.6) is 0 Å². The first kappa shape index (κ1) is 14.4. The predicted molar refractivity (Wildman–Crippen MR) is 75.8 cm³/mol. The Kier molecular flexibility index (Phi) is 4.29. The molecule has 1 atom stereocenters. The number of hydrogen-bond acceptors (Lipinski definition) is 6. The molecule has 0 aliphatic heterocycles. The second-order valence-corrected chi connectivity index (χ2v) is 4.91. The molecule has 7 heteroatoms. The fraction of sp³-hybridized carbons (Fsp3) is 0.308. The summed E-state index contributed by atoms with van der Waals surface area (Å²) in [6.07, 6.45) is 1.75. The molecular weight excluding hydrogens is 282 g/mol. The van der Waals surface area contributed by atoms with Crippen molar-refractivity contribution in [2.75, 3.05) is 12.9 Å². The summed E-state index contributed by atoms with van der Waals surface area (Å²) in [4.78, 5) is 22.3. The second kappa shape index (κ2) is 5.96. The minimum Gasteiger partial charge on any atom is -0.465 e. The monoisotopic (exact) mass is 295 g/mol. The highest BCUT2D eigenvalue weighted by atomic mass is 32.2. The van der Waals surface area contributed by atoms with Crippen LogP contribution < -0.4 is 0 Å². The van der Waals surface area contributed by atoms with Gasteiger partial charge in [0.15, 0.2) is 5.25 Å². The van der Waals surface area contributed by atoms with Gasteiger partial charge in [-0.25, -0.2) is 0 Å². The van der Waals surface area contributed by atoms with Gasteiger partial charge < -0.3 is 9.15 Å². The molecule has 0 saturated carbocycles. The average molecular weight is 295 g/mol. The van der Waals surface area contributed by atoms with Crippen LogP contribution in [0.2, 0.25) is 0 Å². The Balaban J connectivity index is 2.47. The van der Waals surface area contributed by atoms with Crippen LogP contribution in [-0.2, 0) is 9.53 Å². The van der Waals surface area contributed by atoms with Gasteiger partial charge in [-0.05, 0) is 19.2 Å². The number of hydrogen-bond donors (Lipinski definition) is 0. The summed E-state index contributed by atoms with van der Waals surface area (Å²) in [7, 11) is 0. The van der Waals surface area contributed by atoms with Crippen molar-refractivity contribution in [3.63, 3.8) is 0 Å². The number of nitro benzene ring substituents is 1. The van der Waals surface area contributed by atoms with Gasteiger partial charge in [0.1, 0.15) is 5.76 Å². The zero-order chi connectivity index (χ0) is 14.7. The van der Waals surface area contributed by atoms with Gasteiger partial charge in [0, 0.05) is 11.5 Å². The molecule has 0 aliphatic carbocycles. The number of non-ortho nitro benzene ring substituents is 1. The number of furan rings is 1. The Hall–Kier alpha value is -2.02. The van der Waals surface area contributed by atoms with E-state index in [0.29, 0.717) is 11.1 Å². The SMILES string of the molecule is CCOC(=O)C(SC)c1cc2cccc([N+](=O)[O-])c2o1. The largest absolute Gasteiger partial charge is 0.465 e. The molecule has 0 N–H and O–H groups in total. The van der Waals surface area contributed by atoms with Crippen LogP contribution in [0, 0.1) is 10.1 Å². The van der Waals surface area contributed by atoms with E-state index >= 15 is 0 Å². The average Bonchev–Trinajstić information content (AvgIpc) is 2.82. The molecule has 2 rings (SSSR count). The van der Waals surface area contributed by atoms with E-state index in [-0.39, 0.29) is 17.9 Å². The van der Waals surface area contributed by atoms with Crippen molar-refractivity contribution in [2.24, 2.45) is 0 Å². The molecule has 1 heterocycles. The summed E-state index contributed by atoms with van der Waals surface area (Å²) >= 11 is 1.26. The van der Waals surface area contributed by atoms with Gasteiger partial charge in [-0.2, -0.15) is 0 Å². The first-order valence-corrected chi connectivity index (χ1v) is 7.23. The molecule has 1 aromatic carbocycles. The lowest BCUT2D eigenvalue weighted by molar-refractivity contribution is -0.383. The van der Waals surface area contributed by atoms with E-state index in [1.54, 1.807) is 31.4 Å². The normalized spacial score (nSPS) is 12.3. The van der Waals surface area contributed by atoms with Crippen molar-refractivity contribution in [3.05, 3.63) is 40.1 Å². The molecule has 20 heavy (non-hydrogen) atoms. The summed E-state index contributed by atoms with van der Waals surface area (Å²) in [5.41, 5.74) is 0.0633. The van der Waals surface area contributed by atoms with Crippen molar-refractivity contribution in [1.82, 2.24) is 0 Å². The molecule has 1 aromatic heterocycles. The van der Waals surface area contributed by atoms with Gasteiger partial charge in [0.05, 0.1) is 11.5 Å². The minimum absolute atomic E-state index is 0.113. The Morgan fingerprint density at radius 1 is 1.55 bits per heavy atom. The van der Waals surface area contributed by atoms with Gasteiger partial charge in [0.2, 0.25) is 5.58 Å². The van der Waals surface area contributed by atoms with Crippen molar-refractivity contribution in [3.8, 4) is 0 Å². The summed E-state index contributed by atoms with van der Waals surface area (Å²) in [5, 5.41) is 10.9. The zero-order valence-corrected chi connectivity index (χ0v) is 11.8. The van der Waals surface area contributed by atoms with Gasteiger partial charge in [-0.3, -0.25) is 14.9 Å². The lowest BCUT2D eigenvalue weighted by atomic mass is 10.2. The summed E-state index contributed by atoms with van der Waals surface area (Å²) in [5.74, 6) is -0.0537. The number of para-hydroxylation sites is 1. The number of nitrogens with zero attached hydrogens (tertiary/aromatic N) is 1. The molecule has 0 fully saturated rings. The molecule has 0 saturated heterocycles. The molecule has 1 unspecified atom stereocenters. The first-order valence-electron chi connectivity index (χ1n) is 5.94. The van der Waals surface area contributed by atoms with Crippen molar-refractivity contribution >= 4 is 34.4 Å². The minimum atomic E-state index is -0.623. The molecule has 0 aliphatic rings. The first-order chi connectivity index (χ1) is 9.58. The highest BCUT2D eigenvalue weighted by Crippen LogP contribution is 2.35. The highest BCUT2D eigenvalue weighted by molar-refractivity contribution is 7.99. The third-order valence-corrected chi connectivity index (χ3v) is 3.63. The lowest BCUT2D eigenvalue weighted by Gasteiger charge is -2.09. The van der Waals surface area contributed by atoms with Crippen LogP contribution in [0.3, 0.4) is 0 Å². The van der Waals surface area contributed by atoms with E-state index in [1.165, 1.54) is 17.8 Å². The molecule has 0 bridgehead atoms. The van der Waals surface area contributed by atoms with Gasteiger partial charge in [-0.1, -0.05) is 12.1 Å². The number of thioether (sulfide) groups is 1. The number of nitro groups is 1. The Morgan fingerprint density at radius 3 is 2.90 bits per heavy atom. The molecule has 106 valence electrons. The maximum Gasteiger partial charge on any atom is 0.326 e. The Labute approximate surface area is 119 Å². The summed E-state index contributed by atoms with van der Waals surface area (Å²) in [6.45, 7) is 2.00. The number of ether oxygens (including phenoxy) is 1. The standard InChI is InChI=1S/C13H13NO5S/c1-3-18-13(15)12(20-2)10-7-8-5-4-6-9(14(16)17)11(8)19-10/h4-7,12H,3H2,1-2H3. The third-order valence-electron chi connectivity index (χ3n) is 2.73. The zero-order valence-electron chi connectivity index (χ0n) is 11.0. The van der Waals surface area contributed by atoms with Crippen LogP contribution in [0.25, 0.3) is 11.0 Å². The second-order valence-electron chi connectivity index (χ2n) is 3.97. The molecule has 0 radical (unpaired) electrons. The van der Waals surface area contributed by atoms with E-state index < -0.39 is 16.1 Å². The van der Waals surface area contributed by atoms with E-state index in [0.717, 1.165) is 0 Å². The smallest absolute Gasteiger partial charge is 0.326 e. The molecule has 0 spiro atoms. The highest BCUT2D eigenvalue weighted by Gasteiger charge is 2.26. The van der Waals surface area contributed by atoms with Crippen LogP contribution >= 0.6 is 11.8 Å². The molecule has 2 aromatic rings. The predicted octanol–water partition coefficient (Wildman–Crippen LogP) is 3.31. The van der Waals surface area contributed by atoms with Crippen LogP contribution in [0.1, 0.15) is 17.9 Å². The number of carbonyl (C=O) groups excluding carboxylic acids is 1. The quantitative estimate of drug-likeness (QED) is 0.478. The van der Waals surface area contributed by atoms with Gasteiger partial charge in [0.25, 0.3) is 0 Å². The van der Waals surface area contributed by atoms with Crippen molar-refractivity contribution in [1.29, 1.82) is 0 Å². The molecule has 6 nitrogen and oxygen atoms in total. The maximum atomic E-state index is 11.8. The van der Waals surface area contributed by atoms with Gasteiger partial charge in [-0.15, -0.1) is 11.8 Å². The fourth-order valence-corrected chi connectivity index (χ4v) is 2.50. The summed E-state index contributed by atoms with van der Waals surface area (Å²) < 4.78 is 10.5. The third kappa shape index (κ3) is 2.62. The number of rotatable bonds is 5. The fourth-order valence-electron chi connectivity index (χ4n) is 1.89. The number of benzene rings is 1. The van der Waals surface area contributed by atoms with E-state index in [9.17, 15) is 14.9 Å². The number of fused-ring (bicyclic) bond motifs is 1. The van der Waals surface area contributed by atoms with Crippen LogP contribution in [0.4, 0.5) is 5.69 Å². The van der Waals surface area contributed by atoms with Crippen LogP contribution in [-0.4, -0.2) is 23.8 Å². The van der Waals surface area contributed by atoms with E-state index in [1.807, 2.05) is 0 Å². The van der Waals surface area contributed by atoms with Gasteiger partial charge >= 0.3 is 11.7 Å². The Morgan fingerprint density at radius 2 is 2.30 bits per heavy atom. The van der Waals surface area contributed by atoms with Crippen molar-refractivity contribution < 1.29 is 18.9 Å². The van der Waals surface area contributed by atoms with E-state index in [2.05, 4.69) is 0 Å². The van der Waals surface area contributed by atoms with E-state index in [4.69, 9.17) is 9.15 Å². The van der Waals surface area contributed by atoms with Crippen LogP contribution in [0.15, 0.2) is 28.7 Å².